The number of benzene rings is 1. The molecule has 1 aliphatic rings. The summed E-state index contributed by atoms with van der Waals surface area (Å²) in [6.07, 6.45) is -1.45. The summed E-state index contributed by atoms with van der Waals surface area (Å²) >= 11 is 0. The van der Waals surface area contributed by atoms with Gasteiger partial charge < -0.3 is 18.9 Å². The fourth-order valence-electron chi connectivity index (χ4n) is 4.78. The van der Waals surface area contributed by atoms with E-state index in [1.807, 2.05) is 50.6 Å². The Morgan fingerprint density at radius 2 is 1.85 bits per heavy atom. The van der Waals surface area contributed by atoms with E-state index in [9.17, 15) is 22.8 Å². The van der Waals surface area contributed by atoms with Crippen LogP contribution in [0.4, 0.5) is 18.0 Å². The fraction of sp³-hybridized carbons (Fsp3) is 0.345. The zero-order chi connectivity index (χ0) is 28.8. The van der Waals surface area contributed by atoms with Gasteiger partial charge in [-0.05, 0) is 57.0 Å². The average Bonchev–Trinajstić information content (AvgIpc) is 3.17. The number of hydrogen-bond donors (Lipinski definition) is 0. The molecule has 0 saturated heterocycles. The van der Waals surface area contributed by atoms with Crippen molar-refractivity contribution in [3.8, 4) is 11.4 Å². The number of aryl methyl sites for hydroxylation is 1. The van der Waals surface area contributed by atoms with Crippen molar-refractivity contribution >= 4 is 17.0 Å². The number of aromatic nitrogens is 3. The summed E-state index contributed by atoms with van der Waals surface area (Å²) < 4.78 is 52.8. The Morgan fingerprint density at radius 1 is 1.07 bits per heavy atom. The highest BCUT2D eigenvalue weighted by Crippen LogP contribution is 2.32. The molecule has 0 aliphatic carbocycles. The number of nitrogens with zero attached hydrogens (tertiary/aromatic N) is 4. The number of pyridine rings is 2. The molecular weight excluding hydrogens is 525 g/mol. The molecule has 0 radical (unpaired) electrons. The van der Waals surface area contributed by atoms with Crippen molar-refractivity contribution in [3.05, 3.63) is 87.7 Å². The summed E-state index contributed by atoms with van der Waals surface area (Å²) in [5, 5.41) is 1.07. The minimum atomic E-state index is -4.51. The van der Waals surface area contributed by atoms with Crippen molar-refractivity contribution in [2.45, 2.75) is 52.1 Å². The number of ether oxygens (including phenoxy) is 2. The lowest BCUT2D eigenvalue weighted by Crippen LogP contribution is -2.40. The van der Waals surface area contributed by atoms with Gasteiger partial charge in [0.2, 0.25) is 0 Å². The van der Waals surface area contributed by atoms with E-state index in [-0.39, 0.29) is 18.3 Å². The van der Waals surface area contributed by atoms with E-state index in [1.165, 1.54) is 22.3 Å². The predicted molar refractivity (Wildman–Crippen MR) is 142 cm³/mol. The van der Waals surface area contributed by atoms with E-state index in [0.717, 1.165) is 28.9 Å². The Hall–Kier alpha value is -4.28. The first-order chi connectivity index (χ1) is 18.8. The third kappa shape index (κ3) is 5.54. The third-order valence-corrected chi connectivity index (χ3v) is 6.73. The topological polar surface area (TPSA) is 78.6 Å². The van der Waals surface area contributed by atoms with Gasteiger partial charge in [0, 0.05) is 48.7 Å². The minimum absolute atomic E-state index is 0.0320. The summed E-state index contributed by atoms with van der Waals surface area (Å²) in [5.41, 5.74) is 2.39. The van der Waals surface area contributed by atoms with Gasteiger partial charge in [0.1, 0.15) is 23.7 Å². The molecule has 1 aliphatic heterocycles. The van der Waals surface area contributed by atoms with Crippen LogP contribution in [0.15, 0.2) is 59.7 Å². The second kappa shape index (κ2) is 10.0. The van der Waals surface area contributed by atoms with Crippen LogP contribution in [0.5, 0.6) is 5.75 Å². The summed E-state index contributed by atoms with van der Waals surface area (Å²) in [7, 11) is 1.94. The van der Waals surface area contributed by atoms with Crippen LogP contribution in [0.3, 0.4) is 0 Å². The number of rotatable bonds is 4. The van der Waals surface area contributed by atoms with Crippen LogP contribution in [-0.4, -0.2) is 37.3 Å². The molecule has 0 fully saturated rings. The number of carbonyl (C=O) groups excluding carboxylic acids is 1. The Kier molecular flexibility index (Phi) is 6.85. The maximum absolute atomic E-state index is 12.9. The average molecular weight is 555 g/mol. The van der Waals surface area contributed by atoms with Gasteiger partial charge in [-0.25, -0.2) is 4.79 Å². The second-order valence-electron chi connectivity index (χ2n) is 10.7. The molecule has 8 nitrogen and oxygen atoms in total. The SMILES string of the molecule is Cn1c2c(c3ccc(-n4ccc(OCc5ccc(C(F)(F)F)nc5)cc4=O)cc31)CCN(C(=O)OC(C)(C)C)C2. The molecule has 0 saturated carbocycles. The molecule has 4 aromatic rings. The molecule has 0 N–H and O–H groups in total. The third-order valence-electron chi connectivity index (χ3n) is 6.73. The number of fused-ring (bicyclic) bond motifs is 3. The maximum atomic E-state index is 12.9. The van der Waals surface area contributed by atoms with Crippen LogP contribution in [0.2, 0.25) is 0 Å². The van der Waals surface area contributed by atoms with Gasteiger partial charge in [0.25, 0.3) is 5.56 Å². The van der Waals surface area contributed by atoms with E-state index in [2.05, 4.69) is 4.98 Å². The number of alkyl halides is 3. The second-order valence-corrected chi connectivity index (χ2v) is 10.7. The molecule has 5 rings (SSSR count). The summed E-state index contributed by atoms with van der Waals surface area (Å²) in [5.74, 6) is 0.291. The summed E-state index contributed by atoms with van der Waals surface area (Å²) in [4.78, 5) is 30.7. The lowest BCUT2D eigenvalue weighted by molar-refractivity contribution is -0.141. The lowest BCUT2D eigenvalue weighted by atomic mass is 10.0. The van der Waals surface area contributed by atoms with Crippen molar-refractivity contribution in [1.82, 2.24) is 19.0 Å². The quantitative estimate of drug-likeness (QED) is 0.328. The van der Waals surface area contributed by atoms with Crippen molar-refractivity contribution in [2.75, 3.05) is 6.54 Å². The van der Waals surface area contributed by atoms with Crippen LogP contribution in [-0.2, 0) is 37.5 Å². The highest BCUT2D eigenvalue weighted by atomic mass is 19.4. The number of amides is 1. The molecule has 40 heavy (non-hydrogen) atoms. The first-order valence-electron chi connectivity index (χ1n) is 12.8. The Labute approximate surface area is 228 Å². The van der Waals surface area contributed by atoms with E-state index < -0.39 is 17.5 Å². The molecular formula is C29H29F3N4O4. The van der Waals surface area contributed by atoms with Crippen molar-refractivity contribution in [2.24, 2.45) is 7.05 Å². The normalized spacial score (nSPS) is 13.8. The number of carbonyl (C=O) groups is 1. The maximum Gasteiger partial charge on any atom is 0.433 e. The Balaban J connectivity index is 1.34. The van der Waals surface area contributed by atoms with E-state index >= 15 is 0 Å². The smallest absolute Gasteiger partial charge is 0.433 e. The van der Waals surface area contributed by atoms with Crippen LogP contribution in [0.1, 0.15) is 43.3 Å². The number of hydrogen-bond acceptors (Lipinski definition) is 5. The lowest BCUT2D eigenvalue weighted by Gasteiger charge is -2.30. The monoisotopic (exact) mass is 554 g/mol. The van der Waals surface area contributed by atoms with Crippen LogP contribution >= 0.6 is 0 Å². The van der Waals surface area contributed by atoms with Crippen LogP contribution in [0.25, 0.3) is 16.6 Å². The van der Waals surface area contributed by atoms with E-state index in [4.69, 9.17) is 9.47 Å². The molecule has 1 amide bonds. The molecule has 0 bridgehead atoms. The predicted octanol–water partition coefficient (Wildman–Crippen LogP) is 5.62. The van der Waals surface area contributed by atoms with Gasteiger partial charge in [-0.2, -0.15) is 13.2 Å². The van der Waals surface area contributed by atoms with Gasteiger partial charge in [0.15, 0.2) is 0 Å². The van der Waals surface area contributed by atoms with Crippen LogP contribution in [0, 0.1) is 0 Å². The highest BCUT2D eigenvalue weighted by Gasteiger charge is 2.32. The summed E-state index contributed by atoms with van der Waals surface area (Å²) in [6, 6.07) is 10.9. The standard InChI is InChI=1S/C29H29F3N4O4/c1-28(2,3)40-27(38)35-11-10-22-21-7-6-19(13-23(21)34(4)24(22)16-35)36-12-9-20(14-26(36)37)39-17-18-5-8-25(33-15-18)29(30,31)32/h5-9,12-15H,10-11,16-17H2,1-4H3. The van der Waals surface area contributed by atoms with Crippen molar-refractivity contribution in [1.29, 1.82) is 0 Å². The van der Waals surface area contributed by atoms with E-state index in [0.29, 0.717) is 36.5 Å². The largest absolute Gasteiger partial charge is 0.489 e. The highest BCUT2D eigenvalue weighted by molar-refractivity contribution is 5.88. The minimum Gasteiger partial charge on any atom is -0.489 e. The van der Waals surface area contributed by atoms with Crippen molar-refractivity contribution in [3.63, 3.8) is 0 Å². The first-order valence-corrected chi connectivity index (χ1v) is 12.8. The van der Waals surface area contributed by atoms with Gasteiger partial charge in [0.05, 0.1) is 17.7 Å². The van der Waals surface area contributed by atoms with Gasteiger partial charge in [-0.15, -0.1) is 0 Å². The molecule has 1 aromatic carbocycles. The van der Waals surface area contributed by atoms with Gasteiger partial charge in [-0.1, -0.05) is 12.1 Å². The molecule has 0 atom stereocenters. The Bertz CT molecular complexity index is 1630. The van der Waals surface area contributed by atoms with Gasteiger partial charge in [-0.3, -0.25) is 14.3 Å². The summed E-state index contributed by atoms with van der Waals surface area (Å²) in [6.45, 7) is 6.50. The Morgan fingerprint density at radius 3 is 2.50 bits per heavy atom. The molecule has 0 spiro atoms. The fourth-order valence-corrected chi connectivity index (χ4v) is 4.78. The molecule has 210 valence electrons. The molecule has 4 heterocycles. The zero-order valence-corrected chi connectivity index (χ0v) is 22.6. The van der Waals surface area contributed by atoms with Gasteiger partial charge >= 0.3 is 12.3 Å². The van der Waals surface area contributed by atoms with Crippen LogP contribution < -0.4 is 10.3 Å². The molecule has 11 heteroatoms. The molecule has 3 aromatic heterocycles. The number of halogens is 3. The van der Waals surface area contributed by atoms with Crippen molar-refractivity contribution < 1.29 is 27.4 Å². The molecule has 0 unspecified atom stereocenters. The zero-order valence-electron chi connectivity index (χ0n) is 22.6. The van der Waals surface area contributed by atoms with E-state index in [1.54, 1.807) is 17.2 Å². The first kappa shape index (κ1) is 27.3.